The van der Waals surface area contributed by atoms with Crippen molar-refractivity contribution in [2.75, 3.05) is 0 Å². The maximum absolute atomic E-state index is 12.4. The second kappa shape index (κ2) is 3.89. The molecule has 0 amide bonds. The van der Waals surface area contributed by atoms with E-state index in [1.165, 1.54) is 18.3 Å². The Morgan fingerprint density at radius 1 is 1.31 bits per heavy atom. The third kappa shape index (κ3) is 2.34. The van der Waals surface area contributed by atoms with Gasteiger partial charge < -0.3 is 4.18 Å². The molecule has 0 radical (unpaired) electrons. The van der Waals surface area contributed by atoms with Gasteiger partial charge in [-0.3, -0.25) is 0 Å². The molecule has 0 saturated carbocycles. The predicted molar refractivity (Wildman–Crippen MR) is 52.5 cm³/mol. The highest BCUT2D eigenvalue weighted by atomic mass is 32.3. The van der Waals surface area contributed by atoms with Crippen molar-refractivity contribution in [2.45, 2.75) is 0 Å². The number of nitrogens with zero attached hydrogens (tertiary/aromatic N) is 2. The zero-order valence-electron chi connectivity index (χ0n) is 7.79. The van der Waals surface area contributed by atoms with E-state index in [9.17, 15) is 12.3 Å². The van der Waals surface area contributed by atoms with Gasteiger partial charge in [-0.15, -0.1) is 0 Å². The molecule has 0 saturated heterocycles. The Balaban J connectivity index is 2.47. The first-order chi connectivity index (χ1) is 7.56. The number of nitrogens with one attached hydrogen (secondary N) is 1. The van der Waals surface area contributed by atoms with Crippen LogP contribution >= 0.6 is 0 Å². The van der Waals surface area contributed by atoms with Crippen molar-refractivity contribution < 1.29 is 16.5 Å². The summed E-state index contributed by atoms with van der Waals surface area (Å²) in [7, 11) is -5.05. The van der Waals surface area contributed by atoms with Gasteiger partial charge in [0.25, 0.3) is 0 Å². The highest BCUT2D eigenvalue weighted by molar-refractivity contribution is 7.81. The second-order valence-electron chi connectivity index (χ2n) is 2.83. The number of hydrogen-bond acceptors (Lipinski definition) is 5. The van der Waals surface area contributed by atoms with E-state index < -0.39 is 10.5 Å². The molecule has 0 atom stereocenters. The number of para-hydroxylation sites is 1. The number of halogens is 1. The molecule has 6 nitrogen and oxygen atoms in total. The topological polar surface area (TPSA) is 84.9 Å². The molecule has 0 fully saturated rings. The average Bonchev–Trinajstić information content (AvgIpc) is 2.69. The third-order valence-corrected chi connectivity index (χ3v) is 2.15. The van der Waals surface area contributed by atoms with E-state index in [1.807, 2.05) is 0 Å². The molecule has 1 heterocycles. The summed E-state index contributed by atoms with van der Waals surface area (Å²) in [6, 6.07) is 6.02. The van der Waals surface area contributed by atoms with Crippen molar-refractivity contribution in [3.05, 3.63) is 30.5 Å². The fraction of sp³-hybridized carbons (Fsp3) is 0. The van der Waals surface area contributed by atoms with Crippen molar-refractivity contribution in [1.29, 1.82) is 0 Å². The van der Waals surface area contributed by atoms with E-state index in [0.29, 0.717) is 11.3 Å². The first kappa shape index (κ1) is 10.6. The Morgan fingerprint density at radius 3 is 2.69 bits per heavy atom. The number of hydrogen-bond donors (Lipinski definition) is 1. The summed E-state index contributed by atoms with van der Waals surface area (Å²) < 4.78 is 37.4. The Morgan fingerprint density at radius 2 is 2.06 bits per heavy atom. The van der Waals surface area contributed by atoms with E-state index in [4.69, 9.17) is 0 Å². The summed E-state index contributed by atoms with van der Waals surface area (Å²) >= 11 is 0. The highest BCUT2D eigenvalue weighted by Crippen LogP contribution is 2.28. The molecule has 0 aliphatic heterocycles. The van der Waals surface area contributed by atoms with Crippen LogP contribution < -0.4 is 4.18 Å². The predicted octanol–water partition coefficient (Wildman–Crippen LogP) is 1.06. The quantitative estimate of drug-likeness (QED) is 0.815. The molecule has 1 aromatic carbocycles. The Labute approximate surface area is 90.5 Å². The van der Waals surface area contributed by atoms with Crippen LogP contribution in [0.15, 0.2) is 30.5 Å². The molecule has 2 aromatic rings. The second-order valence-corrected chi connectivity index (χ2v) is 3.78. The summed E-state index contributed by atoms with van der Waals surface area (Å²) in [6.45, 7) is 0. The smallest absolute Gasteiger partial charge is 0.358 e. The molecule has 2 rings (SSSR count). The van der Waals surface area contributed by atoms with Gasteiger partial charge in [-0.1, -0.05) is 16.0 Å². The van der Waals surface area contributed by atoms with E-state index in [2.05, 4.69) is 19.6 Å². The van der Waals surface area contributed by atoms with Gasteiger partial charge in [-0.25, -0.2) is 0 Å². The van der Waals surface area contributed by atoms with E-state index >= 15 is 0 Å². The summed E-state index contributed by atoms with van der Waals surface area (Å²) in [5, 5.41) is 9.66. The van der Waals surface area contributed by atoms with E-state index in [-0.39, 0.29) is 5.75 Å². The summed E-state index contributed by atoms with van der Waals surface area (Å²) in [5.74, 6) is -0.140. The van der Waals surface area contributed by atoms with Gasteiger partial charge in [0.05, 0.1) is 6.20 Å². The van der Waals surface area contributed by atoms with Gasteiger partial charge in [0.1, 0.15) is 5.69 Å². The minimum Gasteiger partial charge on any atom is -0.358 e. The molecule has 0 unspecified atom stereocenters. The van der Waals surface area contributed by atoms with Crippen LogP contribution in [0, 0.1) is 0 Å². The first-order valence-electron chi connectivity index (χ1n) is 4.15. The summed E-state index contributed by atoms with van der Waals surface area (Å²) in [5.41, 5.74) is 0.691. The summed E-state index contributed by atoms with van der Waals surface area (Å²) in [4.78, 5) is 0. The molecular weight excluding hydrogens is 237 g/mol. The zero-order chi connectivity index (χ0) is 11.6. The van der Waals surface area contributed by atoms with Crippen LogP contribution in [0.25, 0.3) is 11.3 Å². The standard InChI is InChI=1S/C8H6FN3O3S/c9-16(13,14)15-8-4-2-1-3-6(8)7-5-10-12-11-7/h1-5H,(H,10,11,12). The summed E-state index contributed by atoms with van der Waals surface area (Å²) in [6.07, 6.45) is 1.37. The number of aromatic amines is 1. The molecule has 1 N–H and O–H groups in total. The lowest BCUT2D eigenvalue weighted by Crippen LogP contribution is -2.02. The van der Waals surface area contributed by atoms with Gasteiger partial charge in [-0.2, -0.15) is 23.8 Å². The minimum atomic E-state index is -5.05. The van der Waals surface area contributed by atoms with Crippen molar-refractivity contribution in [1.82, 2.24) is 15.4 Å². The molecule has 8 heteroatoms. The van der Waals surface area contributed by atoms with Crippen molar-refractivity contribution in [3.8, 4) is 17.0 Å². The molecule has 0 aliphatic carbocycles. The van der Waals surface area contributed by atoms with Gasteiger partial charge >= 0.3 is 10.5 Å². The molecule has 84 valence electrons. The Bertz CT molecular complexity index is 582. The third-order valence-electron chi connectivity index (χ3n) is 1.77. The SMILES string of the molecule is O=S(=O)(F)Oc1ccccc1-c1cn[nH]n1. The van der Waals surface area contributed by atoms with Crippen LogP contribution in [0.4, 0.5) is 3.89 Å². The molecule has 16 heavy (non-hydrogen) atoms. The largest absolute Gasteiger partial charge is 0.488 e. The fourth-order valence-electron chi connectivity index (χ4n) is 1.19. The van der Waals surface area contributed by atoms with Crippen LogP contribution in [-0.2, 0) is 10.5 Å². The monoisotopic (exact) mass is 243 g/mol. The van der Waals surface area contributed by atoms with Gasteiger partial charge in [0.15, 0.2) is 5.75 Å². The first-order valence-corrected chi connectivity index (χ1v) is 5.46. The minimum absolute atomic E-state index is 0.140. The molecule has 0 bridgehead atoms. The number of H-pyrrole nitrogens is 1. The Kier molecular flexibility index (Phi) is 2.57. The van der Waals surface area contributed by atoms with Crippen LogP contribution in [-0.4, -0.2) is 23.8 Å². The van der Waals surface area contributed by atoms with E-state index in [0.717, 1.165) is 0 Å². The maximum Gasteiger partial charge on any atom is 0.488 e. The normalized spacial score (nSPS) is 11.3. The molecule has 1 aromatic heterocycles. The van der Waals surface area contributed by atoms with Crippen molar-refractivity contribution >= 4 is 10.5 Å². The number of rotatable bonds is 3. The van der Waals surface area contributed by atoms with Crippen molar-refractivity contribution in [3.63, 3.8) is 0 Å². The maximum atomic E-state index is 12.4. The van der Waals surface area contributed by atoms with Gasteiger partial charge in [0.2, 0.25) is 0 Å². The lowest BCUT2D eigenvalue weighted by molar-refractivity contribution is 0.441. The van der Waals surface area contributed by atoms with Gasteiger partial charge in [0, 0.05) is 5.56 Å². The zero-order valence-corrected chi connectivity index (χ0v) is 8.61. The highest BCUT2D eigenvalue weighted by Gasteiger charge is 2.15. The van der Waals surface area contributed by atoms with Crippen LogP contribution in [0.2, 0.25) is 0 Å². The van der Waals surface area contributed by atoms with Crippen molar-refractivity contribution in [2.24, 2.45) is 0 Å². The number of benzene rings is 1. The van der Waals surface area contributed by atoms with Crippen LogP contribution in [0.1, 0.15) is 0 Å². The molecule has 0 spiro atoms. The lowest BCUT2D eigenvalue weighted by atomic mass is 10.1. The molecular formula is C8H6FN3O3S. The molecule has 0 aliphatic rings. The van der Waals surface area contributed by atoms with Gasteiger partial charge in [-0.05, 0) is 12.1 Å². The lowest BCUT2D eigenvalue weighted by Gasteiger charge is -2.04. The number of aromatic nitrogens is 3. The van der Waals surface area contributed by atoms with E-state index in [1.54, 1.807) is 12.1 Å². The average molecular weight is 243 g/mol. The fourth-order valence-corrected chi connectivity index (χ4v) is 1.55. The van der Waals surface area contributed by atoms with Crippen LogP contribution in [0.3, 0.4) is 0 Å². The van der Waals surface area contributed by atoms with Crippen LogP contribution in [0.5, 0.6) is 5.75 Å². The Hall–Kier alpha value is -1.96.